The Bertz CT molecular complexity index is 1180. The van der Waals surface area contributed by atoms with E-state index < -0.39 is 76.5 Å². The molecule has 1 atom stereocenters. The number of ether oxygens (including phenoxy) is 3. The summed E-state index contributed by atoms with van der Waals surface area (Å²) in [6.45, 7) is 2.52. The second kappa shape index (κ2) is 10.2. The molecule has 194 valence electrons. The zero-order chi connectivity index (χ0) is 26.2. The van der Waals surface area contributed by atoms with E-state index in [4.69, 9.17) is 9.47 Å². The van der Waals surface area contributed by atoms with Crippen LogP contribution in [0.1, 0.15) is 19.8 Å². The molecule has 0 N–H and O–H groups in total. The summed E-state index contributed by atoms with van der Waals surface area (Å²) in [6, 6.07) is 3.16. The quantitative estimate of drug-likeness (QED) is 0.299. The van der Waals surface area contributed by atoms with E-state index in [0.29, 0.717) is 37.5 Å². The van der Waals surface area contributed by atoms with Crippen LogP contribution in [0.2, 0.25) is 0 Å². The first-order valence-corrected chi connectivity index (χ1v) is 11.0. The van der Waals surface area contributed by atoms with Crippen molar-refractivity contribution in [3.8, 4) is 16.9 Å². The Morgan fingerprint density at radius 1 is 0.944 bits per heavy atom. The van der Waals surface area contributed by atoms with Crippen molar-refractivity contribution in [2.75, 3.05) is 13.2 Å². The van der Waals surface area contributed by atoms with Crippen LogP contribution in [0.15, 0.2) is 53.4 Å². The summed E-state index contributed by atoms with van der Waals surface area (Å²) in [4.78, 5) is 0. The largest absolute Gasteiger partial charge is 0.429 e. The van der Waals surface area contributed by atoms with E-state index in [9.17, 15) is 35.1 Å². The van der Waals surface area contributed by atoms with Crippen LogP contribution in [0.3, 0.4) is 0 Å². The fraction of sp³-hybridized carbons (Fsp3) is 0.360. The second-order valence-electron chi connectivity index (χ2n) is 8.44. The number of benzene rings is 2. The van der Waals surface area contributed by atoms with E-state index in [0.717, 1.165) is 18.6 Å². The first kappa shape index (κ1) is 26.2. The number of hydrogen-bond donors (Lipinski definition) is 0. The Morgan fingerprint density at radius 2 is 1.58 bits per heavy atom. The molecular weight excluding hydrogens is 500 g/mol. The van der Waals surface area contributed by atoms with E-state index in [-0.39, 0.29) is 11.5 Å². The average Bonchev–Trinajstić information content (AvgIpc) is 2.81. The lowest BCUT2D eigenvalue weighted by Crippen LogP contribution is -2.38. The van der Waals surface area contributed by atoms with E-state index >= 15 is 0 Å². The van der Waals surface area contributed by atoms with Crippen molar-refractivity contribution in [2.24, 2.45) is 5.92 Å². The molecule has 1 aliphatic heterocycles. The van der Waals surface area contributed by atoms with Crippen LogP contribution in [0.5, 0.6) is 5.75 Å². The molecule has 1 unspecified atom stereocenters. The van der Waals surface area contributed by atoms with Crippen LogP contribution in [0.4, 0.5) is 35.1 Å². The molecule has 1 fully saturated rings. The number of rotatable bonds is 6. The first-order valence-electron chi connectivity index (χ1n) is 11.0. The van der Waals surface area contributed by atoms with Crippen LogP contribution in [0, 0.1) is 29.2 Å². The van der Waals surface area contributed by atoms with Gasteiger partial charge in [0.25, 0.3) is 0 Å². The number of allylic oxidation sites excluding steroid dienone is 2. The Balaban J connectivity index is 1.55. The number of alkyl halides is 3. The highest BCUT2D eigenvalue weighted by atomic mass is 19.3. The summed E-state index contributed by atoms with van der Waals surface area (Å²) in [6.07, 6.45) is -7.19. The van der Waals surface area contributed by atoms with Crippen molar-refractivity contribution in [1.82, 2.24) is 0 Å². The van der Waals surface area contributed by atoms with E-state index in [1.54, 1.807) is 0 Å². The monoisotopic (exact) mass is 520 g/mol. The molecule has 11 heteroatoms. The third-order valence-electron chi connectivity index (χ3n) is 5.94. The highest BCUT2D eigenvalue weighted by molar-refractivity contribution is 5.65. The van der Waals surface area contributed by atoms with Crippen LogP contribution in [0.25, 0.3) is 11.1 Å². The third-order valence-corrected chi connectivity index (χ3v) is 5.94. The van der Waals surface area contributed by atoms with Crippen LogP contribution >= 0.6 is 0 Å². The molecule has 36 heavy (non-hydrogen) atoms. The molecule has 0 saturated carbocycles. The average molecular weight is 520 g/mol. The minimum absolute atomic E-state index is 0.0169. The molecule has 1 saturated heterocycles. The van der Waals surface area contributed by atoms with Gasteiger partial charge in [-0.15, -0.1) is 0 Å². The Kier molecular flexibility index (Phi) is 7.42. The molecule has 1 aliphatic carbocycles. The van der Waals surface area contributed by atoms with Crippen molar-refractivity contribution < 1.29 is 49.3 Å². The predicted octanol–water partition coefficient (Wildman–Crippen LogP) is 7.17. The van der Waals surface area contributed by atoms with E-state index in [1.165, 1.54) is 0 Å². The fourth-order valence-electron chi connectivity index (χ4n) is 3.94. The summed E-state index contributed by atoms with van der Waals surface area (Å²) in [5.41, 5.74) is -2.41. The Morgan fingerprint density at radius 3 is 2.14 bits per heavy atom. The minimum atomic E-state index is -4.50. The van der Waals surface area contributed by atoms with Crippen LogP contribution in [-0.2, 0) is 9.47 Å². The van der Waals surface area contributed by atoms with Gasteiger partial charge in [-0.05, 0) is 47.9 Å². The Labute approximate surface area is 201 Å². The lowest BCUT2D eigenvalue weighted by atomic mass is 9.94. The molecule has 3 nitrogen and oxygen atoms in total. The molecular formula is C25H20F8O3. The maximum Gasteiger partial charge on any atom is 0.428 e. The Hall–Kier alpha value is -2.92. The maximum absolute atomic E-state index is 14.8. The molecule has 0 amide bonds. The van der Waals surface area contributed by atoms with E-state index in [2.05, 4.69) is 4.74 Å². The van der Waals surface area contributed by atoms with Crippen molar-refractivity contribution in [3.05, 3.63) is 76.6 Å². The van der Waals surface area contributed by atoms with Gasteiger partial charge in [-0.1, -0.05) is 6.92 Å². The van der Waals surface area contributed by atoms with Gasteiger partial charge in [0.1, 0.15) is 29.1 Å². The van der Waals surface area contributed by atoms with E-state index in [1.807, 2.05) is 6.92 Å². The summed E-state index contributed by atoms with van der Waals surface area (Å²) >= 11 is 0. The lowest BCUT2D eigenvalue weighted by molar-refractivity contribution is -0.183. The minimum Gasteiger partial charge on any atom is -0.429 e. The van der Waals surface area contributed by atoms with Gasteiger partial charge in [0, 0.05) is 24.0 Å². The normalized spacial score (nSPS) is 23.0. The number of halogens is 8. The molecule has 1 heterocycles. The molecule has 2 aliphatic rings. The van der Waals surface area contributed by atoms with Crippen molar-refractivity contribution in [3.63, 3.8) is 0 Å². The topological polar surface area (TPSA) is 27.7 Å². The molecule has 0 bridgehead atoms. The molecule has 0 aromatic heterocycles. The van der Waals surface area contributed by atoms with Gasteiger partial charge < -0.3 is 14.2 Å². The van der Waals surface area contributed by atoms with Gasteiger partial charge in [-0.3, -0.25) is 0 Å². The van der Waals surface area contributed by atoms with Gasteiger partial charge >= 0.3 is 6.11 Å². The maximum atomic E-state index is 14.8. The molecule has 0 spiro atoms. The summed E-state index contributed by atoms with van der Waals surface area (Å²) in [7, 11) is 0. The van der Waals surface area contributed by atoms with Gasteiger partial charge in [0.15, 0.2) is 23.7 Å². The van der Waals surface area contributed by atoms with Gasteiger partial charge in [-0.2, -0.15) is 8.78 Å². The molecule has 2 aromatic rings. The SMILES string of the molecule is CCC1COC(C2=CC(F)=C(C(F)(F)Oc3ccc(-c4cc(F)c(F)c(F)c4)c(F)c3)C(F)C2)OC1. The van der Waals surface area contributed by atoms with Crippen LogP contribution < -0.4 is 4.74 Å². The summed E-state index contributed by atoms with van der Waals surface area (Å²) in [5.74, 6) is -8.43. The molecule has 0 radical (unpaired) electrons. The predicted molar refractivity (Wildman–Crippen MR) is 112 cm³/mol. The molecule has 4 rings (SSSR count). The first-order chi connectivity index (χ1) is 17.0. The fourth-order valence-corrected chi connectivity index (χ4v) is 3.94. The second-order valence-corrected chi connectivity index (χ2v) is 8.44. The number of hydrogen-bond acceptors (Lipinski definition) is 3. The van der Waals surface area contributed by atoms with Crippen molar-refractivity contribution >= 4 is 0 Å². The highest BCUT2D eigenvalue weighted by Crippen LogP contribution is 2.41. The smallest absolute Gasteiger partial charge is 0.428 e. The summed E-state index contributed by atoms with van der Waals surface area (Å²) in [5, 5.41) is 0. The third kappa shape index (κ3) is 5.27. The summed E-state index contributed by atoms with van der Waals surface area (Å²) < 4.78 is 129. The van der Waals surface area contributed by atoms with Gasteiger partial charge in [-0.25, -0.2) is 26.3 Å². The molecule has 2 aromatic carbocycles. The zero-order valence-electron chi connectivity index (χ0n) is 18.8. The lowest BCUT2D eigenvalue weighted by Gasteiger charge is -2.33. The highest BCUT2D eigenvalue weighted by Gasteiger charge is 2.47. The van der Waals surface area contributed by atoms with Gasteiger partial charge in [0.2, 0.25) is 0 Å². The van der Waals surface area contributed by atoms with Crippen molar-refractivity contribution in [2.45, 2.75) is 38.3 Å². The van der Waals surface area contributed by atoms with Crippen molar-refractivity contribution in [1.29, 1.82) is 0 Å². The van der Waals surface area contributed by atoms with Crippen LogP contribution in [-0.4, -0.2) is 31.8 Å². The zero-order valence-corrected chi connectivity index (χ0v) is 18.8. The van der Waals surface area contributed by atoms with Gasteiger partial charge in [0.05, 0.1) is 13.2 Å². The standard InChI is InChI=1S/C25H20F8O3/c1-2-12-10-34-24(35-11-12)14-7-18(27)22(19(28)8-14)25(32,33)36-15-3-4-16(17(26)9-15)13-5-20(29)23(31)21(30)6-13/h3-7,9,12,19,24H,2,8,10-11H2,1H3.